The van der Waals surface area contributed by atoms with Gasteiger partial charge in [-0.3, -0.25) is 9.78 Å². The molecule has 5 rings (SSSR count). The Labute approximate surface area is 196 Å². The first-order valence-corrected chi connectivity index (χ1v) is 11.2. The van der Waals surface area contributed by atoms with Crippen molar-refractivity contribution in [1.82, 2.24) is 29.6 Å². The number of carbonyl (C=O) groups excluding carboxylic acids is 1. The molecule has 0 N–H and O–H groups in total. The number of aromatic nitrogens is 5. The Bertz CT molecular complexity index is 1220. The molecule has 1 amide bonds. The van der Waals surface area contributed by atoms with E-state index in [-0.39, 0.29) is 18.1 Å². The number of fused-ring (bicyclic) bond motifs is 1. The van der Waals surface area contributed by atoms with Crippen LogP contribution in [-0.4, -0.2) is 61.6 Å². The van der Waals surface area contributed by atoms with Crippen LogP contribution in [0.25, 0.3) is 11.2 Å². The molecule has 0 atom stereocenters. The fourth-order valence-electron chi connectivity index (χ4n) is 4.81. The fraction of sp³-hybridized carbons (Fsp3) is 0.500. The molecule has 0 aliphatic carbocycles. The Kier molecular flexibility index (Phi) is 5.80. The second-order valence-electron chi connectivity index (χ2n) is 8.93. The predicted octanol–water partition coefficient (Wildman–Crippen LogP) is 3.52. The summed E-state index contributed by atoms with van der Waals surface area (Å²) in [5.74, 6) is 0.523. The van der Waals surface area contributed by atoms with Crippen LogP contribution in [0.1, 0.15) is 30.5 Å². The predicted molar refractivity (Wildman–Crippen MR) is 114 cm³/mol. The molecule has 0 aromatic carbocycles. The quantitative estimate of drug-likeness (QED) is 0.504. The van der Waals surface area contributed by atoms with Crippen LogP contribution < -0.4 is 4.90 Å². The number of rotatable bonds is 5. The van der Waals surface area contributed by atoms with Gasteiger partial charge in [0.2, 0.25) is 5.91 Å². The van der Waals surface area contributed by atoms with E-state index in [1.54, 1.807) is 11.1 Å². The Hall–Kier alpha value is -3.38. The van der Waals surface area contributed by atoms with Gasteiger partial charge in [-0.1, -0.05) is 0 Å². The maximum Gasteiger partial charge on any atom is 0.417 e. The normalized spacial score (nSPS) is 18.4. The van der Waals surface area contributed by atoms with Crippen molar-refractivity contribution >= 4 is 22.9 Å². The summed E-state index contributed by atoms with van der Waals surface area (Å²) in [4.78, 5) is 29.5. The highest BCUT2D eigenvalue weighted by Gasteiger charge is 2.48. The van der Waals surface area contributed by atoms with Crippen molar-refractivity contribution < 1.29 is 26.7 Å². The Morgan fingerprint density at radius 2 is 1.74 bits per heavy atom. The molecule has 3 aromatic heterocycles. The van der Waals surface area contributed by atoms with Gasteiger partial charge in [-0.15, -0.1) is 0 Å². The molecule has 2 aliphatic rings. The SMILES string of the molecule is O=C1N(Cc2ccc(C(F)(F)F)cn2)CCC12CCN(c1cnc3cnn(CC(F)F)c3n1)CC2. The molecule has 2 saturated heterocycles. The molecule has 0 bridgehead atoms. The van der Waals surface area contributed by atoms with Gasteiger partial charge in [0.1, 0.15) is 17.9 Å². The summed E-state index contributed by atoms with van der Waals surface area (Å²) in [6.45, 7) is 1.20. The van der Waals surface area contributed by atoms with E-state index in [1.807, 2.05) is 4.90 Å². The zero-order chi connectivity index (χ0) is 24.8. The van der Waals surface area contributed by atoms with Gasteiger partial charge in [0, 0.05) is 25.8 Å². The topological polar surface area (TPSA) is 80.0 Å². The number of piperidine rings is 1. The number of pyridine rings is 1. The standard InChI is InChI=1S/C22H22F5N7O/c23-17(24)13-34-19-16(10-30-34)29-11-18(31-19)32-6-3-21(4-7-32)5-8-33(20(21)35)12-15-2-1-14(9-28-15)22(25,26)27/h1-2,9-11,17H,3-8,12-13H2. The minimum absolute atomic E-state index is 0.0182. The average molecular weight is 495 g/mol. The van der Waals surface area contributed by atoms with Crippen molar-refractivity contribution in [3.63, 3.8) is 0 Å². The van der Waals surface area contributed by atoms with E-state index in [0.717, 1.165) is 16.9 Å². The van der Waals surface area contributed by atoms with E-state index in [4.69, 9.17) is 0 Å². The van der Waals surface area contributed by atoms with Gasteiger partial charge in [0.25, 0.3) is 6.43 Å². The largest absolute Gasteiger partial charge is 0.417 e. The highest BCUT2D eigenvalue weighted by molar-refractivity contribution is 5.85. The molecule has 35 heavy (non-hydrogen) atoms. The van der Waals surface area contributed by atoms with E-state index in [2.05, 4.69) is 20.1 Å². The lowest BCUT2D eigenvalue weighted by atomic mass is 9.77. The van der Waals surface area contributed by atoms with E-state index in [1.165, 1.54) is 12.3 Å². The van der Waals surface area contributed by atoms with E-state index in [0.29, 0.717) is 55.9 Å². The summed E-state index contributed by atoms with van der Waals surface area (Å²) < 4.78 is 65.0. The molecule has 1 spiro atoms. The zero-order valence-corrected chi connectivity index (χ0v) is 18.5. The van der Waals surface area contributed by atoms with Crippen molar-refractivity contribution in [3.05, 3.63) is 42.0 Å². The first-order chi connectivity index (χ1) is 16.6. The summed E-state index contributed by atoms with van der Waals surface area (Å²) >= 11 is 0. The lowest BCUT2D eigenvalue weighted by Gasteiger charge is -2.38. The summed E-state index contributed by atoms with van der Waals surface area (Å²) in [7, 11) is 0. The van der Waals surface area contributed by atoms with Crippen LogP contribution in [0.4, 0.5) is 27.8 Å². The van der Waals surface area contributed by atoms with Gasteiger partial charge < -0.3 is 9.80 Å². The van der Waals surface area contributed by atoms with Crippen molar-refractivity contribution in [2.24, 2.45) is 5.41 Å². The molecular formula is C22H22F5N7O. The Morgan fingerprint density at radius 3 is 2.40 bits per heavy atom. The minimum atomic E-state index is -4.45. The first kappa shape index (κ1) is 23.4. The van der Waals surface area contributed by atoms with Crippen LogP contribution in [-0.2, 0) is 24.1 Å². The first-order valence-electron chi connectivity index (χ1n) is 11.2. The molecule has 8 nitrogen and oxygen atoms in total. The molecule has 0 radical (unpaired) electrons. The number of hydrogen-bond donors (Lipinski definition) is 0. The number of likely N-dealkylation sites (tertiary alicyclic amines) is 1. The summed E-state index contributed by atoms with van der Waals surface area (Å²) in [6, 6.07) is 2.28. The number of nitrogens with zero attached hydrogens (tertiary/aromatic N) is 7. The number of carbonyl (C=O) groups is 1. The third-order valence-corrected chi connectivity index (χ3v) is 6.79. The molecule has 2 aliphatic heterocycles. The molecular weight excluding hydrogens is 473 g/mol. The maximum absolute atomic E-state index is 13.2. The molecule has 2 fully saturated rings. The van der Waals surface area contributed by atoms with Gasteiger partial charge >= 0.3 is 6.18 Å². The van der Waals surface area contributed by atoms with Gasteiger partial charge in [0.05, 0.1) is 35.6 Å². The lowest BCUT2D eigenvalue weighted by Crippen LogP contribution is -2.45. The van der Waals surface area contributed by atoms with Crippen molar-refractivity contribution in [3.8, 4) is 0 Å². The van der Waals surface area contributed by atoms with Gasteiger partial charge in [-0.2, -0.15) is 18.3 Å². The number of anilines is 1. The molecule has 13 heteroatoms. The average Bonchev–Trinajstić information content (AvgIpc) is 3.35. The maximum atomic E-state index is 13.2. The molecule has 186 valence electrons. The highest BCUT2D eigenvalue weighted by Crippen LogP contribution is 2.42. The lowest BCUT2D eigenvalue weighted by molar-refractivity contribution is -0.138. The van der Waals surface area contributed by atoms with Crippen LogP contribution in [0.5, 0.6) is 0 Å². The zero-order valence-electron chi connectivity index (χ0n) is 18.5. The minimum Gasteiger partial charge on any atom is -0.355 e. The van der Waals surface area contributed by atoms with Gasteiger partial charge in [0.15, 0.2) is 5.65 Å². The van der Waals surface area contributed by atoms with E-state index < -0.39 is 30.1 Å². The highest BCUT2D eigenvalue weighted by atomic mass is 19.4. The van der Waals surface area contributed by atoms with Gasteiger partial charge in [-0.25, -0.2) is 23.4 Å². The molecule has 0 unspecified atom stereocenters. The van der Waals surface area contributed by atoms with Gasteiger partial charge in [-0.05, 0) is 31.4 Å². The van der Waals surface area contributed by atoms with Crippen LogP contribution in [0, 0.1) is 5.41 Å². The second kappa shape index (κ2) is 8.68. The van der Waals surface area contributed by atoms with Crippen molar-refractivity contribution in [2.75, 3.05) is 24.5 Å². The van der Waals surface area contributed by atoms with Crippen LogP contribution in [0.3, 0.4) is 0 Å². The van der Waals surface area contributed by atoms with E-state index >= 15 is 0 Å². The summed E-state index contributed by atoms with van der Waals surface area (Å²) in [5, 5.41) is 3.93. The third kappa shape index (κ3) is 4.50. The number of halogens is 5. The Balaban J connectivity index is 1.24. The molecule has 3 aromatic rings. The summed E-state index contributed by atoms with van der Waals surface area (Å²) in [5.41, 5.74) is -0.227. The van der Waals surface area contributed by atoms with Crippen LogP contribution in [0.2, 0.25) is 0 Å². The van der Waals surface area contributed by atoms with E-state index in [9.17, 15) is 26.7 Å². The third-order valence-electron chi connectivity index (χ3n) is 6.79. The number of hydrogen-bond acceptors (Lipinski definition) is 6. The smallest absolute Gasteiger partial charge is 0.355 e. The fourth-order valence-corrected chi connectivity index (χ4v) is 4.81. The van der Waals surface area contributed by atoms with Crippen LogP contribution in [0.15, 0.2) is 30.7 Å². The molecule has 0 saturated carbocycles. The van der Waals surface area contributed by atoms with Crippen LogP contribution >= 0.6 is 0 Å². The number of alkyl halides is 5. The summed E-state index contributed by atoms with van der Waals surface area (Å²) in [6.07, 6.45) is -1.43. The van der Waals surface area contributed by atoms with Crippen molar-refractivity contribution in [1.29, 1.82) is 0 Å². The monoisotopic (exact) mass is 495 g/mol. The second-order valence-corrected chi connectivity index (χ2v) is 8.93. The molecule has 5 heterocycles. The Morgan fingerprint density at radius 1 is 1.00 bits per heavy atom. The van der Waals surface area contributed by atoms with Crippen molar-refractivity contribution in [2.45, 2.75) is 45.0 Å². The number of amides is 1.